The zero-order valence-electron chi connectivity index (χ0n) is 16.7. The fraction of sp³-hybridized carbons (Fsp3) is 0.364. The molecule has 156 valence electrons. The number of benzene rings is 2. The summed E-state index contributed by atoms with van der Waals surface area (Å²) in [4.78, 5) is 35.1. The molecule has 2 aliphatic heterocycles. The topological polar surface area (TPSA) is 93.5 Å². The number of fused-ring (bicyclic) bond motifs is 1. The van der Waals surface area contributed by atoms with Crippen molar-refractivity contribution in [2.24, 2.45) is 0 Å². The number of anilines is 3. The van der Waals surface area contributed by atoms with Gasteiger partial charge in [0.2, 0.25) is 0 Å². The summed E-state index contributed by atoms with van der Waals surface area (Å²) in [6.07, 6.45) is 2.24. The minimum Gasteiger partial charge on any atom is -0.378 e. The second-order valence-electron chi connectivity index (χ2n) is 7.76. The molecule has 2 aliphatic rings. The maximum absolute atomic E-state index is 13.3. The van der Waals surface area contributed by atoms with Crippen LogP contribution in [-0.2, 0) is 4.74 Å². The molecule has 8 nitrogen and oxygen atoms in total. The Kier molecular flexibility index (Phi) is 4.92. The highest BCUT2D eigenvalue weighted by molar-refractivity contribution is 6.10. The molecule has 0 radical (unpaired) electrons. The van der Waals surface area contributed by atoms with Crippen molar-refractivity contribution in [2.75, 3.05) is 54.5 Å². The number of imidazole rings is 1. The zero-order valence-corrected chi connectivity index (χ0v) is 16.7. The molecule has 0 atom stereocenters. The third kappa shape index (κ3) is 3.54. The van der Waals surface area contributed by atoms with Gasteiger partial charge < -0.3 is 29.8 Å². The van der Waals surface area contributed by atoms with Gasteiger partial charge in [-0.3, -0.25) is 4.79 Å². The first-order valence-corrected chi connectivity index (χ1v) is 10.4. The SMILES string of the molecule is O=C(Nc1cc2[nH]c(=O)[nH]c2cc1N1CCCC1)c1ccccc1N1CCOCC1. The fourth-order valence-corrected chi connectivity index (χ4v) is 4.33. The Morgan fingerprint density at radius 2 is 1.57 bits per heavy atom. The number of para-hydroxylation sites is 1. The Morgan fingerprint density at radius 3 is 2.33 bits per heavy atom. The summed E-state index contributed by atoms with van der Waals surface area (Å²) in [5.74, 6) is -0.158. The standard InChI is InChI=1S/C22H25N5O3/c28-21(15-5-1-2-6-19(15)27-9-11-30-12-10-27)23-18-13-16-17(25-22(29)24-16)14-20(18)26-7-3-4-8-26/h1-2,5-6,13-14H,3-4,7-12H2,(H,23,28)(H2,24,25,29). The van der Waals surface area contributed by atoms with Gasteiger partial charge in [0.05, 0.1) is 41.2 Å². The molecule has 8 heteroatoms. The van der Waals surface area contributed by atoms with E-state index in [-0.39, 0.29) is 11.6 Å². The number of carbonyl (C=O) groups excluding carboxylic acids is 1. The number of morpholine rings is 1. The van der Waals surface area contributed by atoms with Crippen LogP contribution in [0.1, 0.15) is 23.2 Å². The van der Waals surface area contributed by atoms with Crippen molar-refractivity contribution in [1.29, 1.82) is 0 Å². The smallest absolute Gasteiger partial charge is 0.323 e. The molecular weight excluding hydrogens is 382 g/mol. The van der Waals surface area contributed by atoms with Crippen LogP contribution < -0.4 is 20.8 Å². The van der Waals surface area contributed by atoms with Crippen LogP contribution in [0.2, 0.25) is 0 Å². The van der Waals surface area contributed by atoms with Gasteiger partial charge in [-0.25, -0.2) is 4.79 Å². The number of nitrogens with one attached hydrogen (secondary N) is 3. The first-order chi connectivity index (χ1) is 14.7. The third-order valence-electron chi connectivity index (χ3n) is 5.83. The third-order valence-corrected chi connectivity index (χ3v) is 5.83. The molecule has 0 spiro atoms. The van der Waals surface area contributed by atoms with Crippen molar-refractivity contribution in [3.8, 4) is 0 Å². The summed E-state index contributed by atoms with van der Waals surface area (Å²) in [7, 11) is 0. The van der Waals surface area contributed by atoms with Crippen LogP contribution in [0.5, 0.6) is 0 Å². The van der Waals surface area contributed by atoms with Crippen molar-refractivity contribution in [3.63, 3.8) is 0 Å². The average Bonchev–Trinajstić information content (AvgIpc) is 3.42. The van der Waals surface area contributed by atoms with E-state index in [2.05, 4.69) is 25.1 Å². The van der Waals surface area contributed by atoms with Crippen LogP contribution in [0, 0.1) is 0 Å². The van der Waals surface area contributed by atoms with Crippen LogP contribution in [-0.4, -0.2) is 55.3 Å². The lowest BCUT2D eigenvalue weighted by Gasteiger charge is -2.30. The van der Waals surface area contributed by atoms with Crippen LogP contribution in [0.4, 0.5) is 17.1 Å². The van der Waals surface area contributed by atoms with Crippen molar-refractivity contribution in [2.45, 2.75) is 12.8 Å². The van der Waals surface area contributed by atoms with Crippen LogP contribution >= 0.6 is 0 Å². The molecule has 2 fully saturated rings. The van der Waals surface area contributed by atoms with Gasteiger partial charge in [-0.2, -0.15) is 0 Å². The van der Waals surface area contributed by atoms with Crippen molar-refractivity contribution in [3.05, 3.63) is 52.4 Å². The van der Waals surface area contributed by atoms with Gasteiger partial charge in [-0.1, -0.05) is 12.1 Å². The lowest BCUT2D eigenvalue weighted by atomic mass is 10.1. The number of H-pyrrole nitrogens is 2. The van der Waals surface area contributed by atoms with E-state index >= 15 is 0 Å². The number of carbonyl (C=O) groups is 1. The molecular formula is C22H25N5O3. The molecule has 5 rings (SSSR count). The van der Waals surface area contributed by atoms with Crippen LogP contribution in [0.3, 0.4) is 0 Å². The van der Waals surface area contributed by atoms with Gasteiger partial charge in [-0.15, -0.1) is 0 Å². The molecule has 1 amide bonds. The minimum atomic E-state index is -0.251. The number of ether oxygens (including phenoxy) is 1. The summed E-state index contributed by atoms with van der Waals surface area (Å²) < 4.78 is 5.45. The Bertz CT molecular complexity index is 1120. The molecule has 3 aromatic rings. The van der Waals surface area contributed by atoms with E-state index < -0.39 is 0 Å². The quantitative estimate of drug-likeness (QED) is 0.618. The van der Waals surface area contributed by atoms with Gasteiger partial charge in [-0.05, 0) is 37.1 Å². The monoisotopic (exact) mass is 407 g/mol. The predicted octanol–water partition coefficient (Wildman–Crippen LogP) is 2.55. The maximum Gasteiger partial charge on any atom is 0.323 e. The number of aromatic nitrogens is 2. The zero-order chi connectivity index (χ0) is 20.5. The highest BCUT2D eigenvalue weighted by atomic mass is 16.5. The minimum absolute atomic E-state index is 0.158. The fourth-order valence-electron chi connectivity index (χ4n) is 4.33. The second kappa shape index (κ2) is 7.87. The lowest BCUT2D eigenvalue weighted by Crippen LogP contribution is -2.37. The summed E-state index contributed by atoms with van der Waals surface area (Å²) >= 11 is 0. The molecule has 2 aromatic carbocycles. The Labute approximate surface area is 173 Å². The summed E-state index contributed by atoms with van der Waals surface area (Å²) in [6, 6.07) is 11.5. The Morgan fingerprint density at radius 1 is 0.900 bits per heavy atom. The molecule has 0 bridgehead atoms. The van der Waals surface area contributed by atoms with E-state index in [0.29, 0.717) is 30.0 Å². The van der Waals surface area contributed by atoms with Gasteiger partial charge in [0.1, 0.15) is 0 Å². The van der Waals surface area contributed by atoms with E-state index in [1.807, 2.05) is 36.4 Å². The van der Waals surface area contributed by atoms with Gasteiger partial charge in [0.15, 0.2) is 0 Å². The summed E-state index contributed by atoms with van der Waals surface area (Å²) in [5.41, 5.74) is 4.37. The first-order valence-electron chi connectivity index (χ1n) is 10.4. The molecule has 3 heterocycles. The molecule has 0 aliphatic carbocycles. The van der Waals surface area contributed by atoms with E-state index in [9.17, 15) is 9.59 Å². The predicted molar refractivity (Wildman–Crippen MR) is 118 cm³/mol. The van der Waals surface area contributed by atoms with Gasteiger partial charge in [0, 0.05) is 31.9 Å². The first kappa shape index (κ1) is 18.7. The highest BCUT2D eigenvalue weighted by Gasteiger charge is 2.22. The largest absolute Gasteiger partial charge is 0.378 e. The number of amides is 1. The normalized spacial score (nSPS) is 16.9. The van der Waals surface area contributed by atoms with E-state index in [1.165, 1.54) is 0 Å². The van der Waals surface area contributed by atoms with E-state index in [1.54, 1.807) is 0 Å². The van der Waals surface area contributed by atoms with Gasteiger partial charge >= 0.3 is 5.69 Å². The second-order valence-corrected chi connectivity index (χ2v) is 7.76. The number of aromatic amines is 2. The van der Waals surface area contributed by atoms with Crippen molar-refractivity contribution < 1.29 is 9.53 Å². The Hall–Kier alpha value is -3.26. The summed E-state index contributed by atoms with van der Waals surface area (Å²) in [6.45, 7) is 4.72. The molecule has 3 N–H and O–H groups in total. The Balaban J connectivity index is 1.50. The summed E-state index contributed by atoms with van der Waals surface area (Å²) in [5, 5.41) is 3.11. The number of hydrogen-bond donors (Lipinski definition) is 3. The molecule has 0 unspecified atom stereocenters. The van der Waals surface area contributed by atoms with Crippen molar-refractivity contribution in [1.82, 2.24) is 9.97 Å². The average molecular weight is 407 g/mol. The number of nitrogens with zero attached hydrogens (tertiary/aromatic N) is 2. The molecule has 2 saturated heterocycles. The van der Waals surface area contributed by atoms with Gasteiger partial charge in [0.25, 0.3) is 5.91 Å². The van der Waals surface area contributed by atoms with E-state index in [4.69, 9.17) is 4.74 Å². The molecule has 0 saturated carbocycles. The molecule has 1 aromatic heterocycles. The number of hydrogen-bond acceptors (Lipinski definition) is 5. The number of rotatable bonds is 4. The highest BCUT2D eigenvalue weighted by Crippen LogP contribution is 2.33. The van der Waals surface area contributed by atoms with Crippen LogP contribution in [0.25, 0.3) is 11.0 Å². The lowest BCUT2D eigenvalue weighted by molar-refractivity contribution is 0.102. The maximum atomic E-state index is 13.3. The van der Waals surface area contributed by atoms with E-state index in [0.717, 1.165) is 55.9 Å². The van der Waals surface area contributed by atoms with Crippen LogP contribution in [0.15, 0.2) is 41.2 Å². The molecule has 30 heavy (non-hydrogen) atoms. The van der Waals surface area contributed by atoms with Crippen molar-refractivity contribution >= 4 is 34.0 Å².